The Morgan fingerprint density at radius 2 is 2.00 bits per heavy atom. The zero-order valence-electron chi connectivity index (χ0n) is 11.4. The van der Waals surface area contributed by atoms with Crippen molar-refractivity contribution in [1.29, 1.82) is 0 Å². The van der Waals surface area contributed by atoms with Crippen molar-refractivity contribution in [2.24, 2.45) is 0 Å². The number of carbonyl (C=O) groups excluding carboxylic acids is 1. The summed E-state index contributed by atoms with van der Waals surface area (Å²) in [6, 6.07) is 8.14. The van der Waals surface area contributed by atoms with Gasteiger partial charge < -0.3 is 10.4 Å². The van der Waals surface area contributed by atoms with E-state index in [1.165, 1.54) is 11.1 Å². The van der Waals surface area contributed by atoms with Gasteiger partial charge in [-0.15, -0.1) is 0 Å². The van der Waals surface area contributed by atoms with Gasteiger partial charge in [-0.1, -0.05) is 24.3 Å². The van der Waals surface area contributed by atoms with Gasteiger partial charge in [-0.2, -0.15) is 0 Å². The van der Waals surface area contributed by atoms with Crippen molar-refractivity contribution in [2.75, 3.05) is 0 Å². The average molecular weight is 249 g/mol. The van der Waals surface area contributed by atoms with Crippen LogP contribution < -0.4 is 5.32 Å². The average Bonchev–Trinajstić information content (AvgIpc) is 2.26. The highest BCUT2D eigenvalue weighted by Gasteiger charge is 2.10. The molecule has 18 heavy (non-hydrogen) atoms. The van der Waals surface area contributed by atoms with Gasteiger partial charge >= 0.3 is 0 Å². The Morgan fingerprint density at radius 3 is 2.61 bits per heavy atom. The third kappa shape index (κ3) is 5.32. The maximum absolute atomic E-state index is 11.7. The number of amides is 1. The van der Waals surface area contributed by atoms with Gasteiger partial charge in [0.15, 0.2) is 0 Å². The molecule has 0 radical (unpaired) electrons. The number of nitrogens with one attached hydrogen (secondary N) is 1. The monoisotopic (exact) mass is 249 g/mol. The molecule has 1 aromatic rings. The first-order valence-corrected chi connectivity index (χ1v) is 6.51. The lowest BCUT2D eigenvalue weighted by Gasteiger charge is -2.15. The van der Waals surface area contributed by atoms with E-state index in [1.807, 2.05) is 19.1 Å². The second-order valence-corrected chi connectivity index (χ2v) is 4.98. The Hall–Kier alpha value is -1.35. The lowest BCUT2D eigenvalue weighted by atomic mass is 10.0. The molecule has 0 heterocycles. The summed E-state index contributed by atoms with van der Waals surface area (Å²) in [5, 5.41) is 12.1. The van der Waals surface area contributed by atoms with E-state index in [4.69, 9.17) is 0 Å². The number of carbonyl (C=O) groups is 1. The highest BCUT2D eigenvalue weighted by Crippen LogP contribution is 2.09. The van der Waals surface area contributed by atoms with Crippen LogP contribution in [0.1, 0.15) is 37.8 Å². The smallest absolute Gasteiger partial charge is 0.220 e. The number of aliphatic hydroxyl groups is 1. The van der Waals surface area contributed by atoms with E-state index < -0.39 is 0 Å². The largest absolute Gasteiger partial charge is 0.393 e. The summed E-state index contributed by atoms with van der Waals surface area (Å²) in [4.78, 5) is 11.7. The molecule has 0 saturated carbocycles. The summed E-state index contributed by atoms with van der Waals surface area (Å²) >= 11 is 0. The molecule has 3 heteroatoms. The Kier molecular flexibility index (Phi) is 5.86. The van der Waals surface area contributed by atoms with Crippen LogP contribution in [0.3, 0.4) is 0 Å². The molecule has 2 unspecified atom stereocenters. The van der Waals surface area contributed by atoms with Crippen LogP contribution in [0.2, 0.25) is 0 Å². The number of hydrogen-bond donors (Lipinski definition) is 2. The number of benzene rings is 1. The van der Waals surface area contributed by atoms with Gasteiger partial charge in [0.2, 0.25) is 5.91 Å². The van der Waals surface area contributed by atoms with Crippen molar-refractivity contribution >= 4 is 5.91 Å². The maximum atomic E-state index is 11.7. The first kappa shape index (κ1) is 14.7. The van der Waals surface area contributed by atoms with Crippen molar-refractivity contribution in [1.82, 2.24) is 5.32 Å². The zero-order valence-corrected chi connectivity index (χ0v) is 11.4. The zero-order chi connectivity index (χ0) is 13.5. The topological polar surface area (TPSA) is 49.3 Å². The number of aryl methyl sites for hydroxylation is 2. The highest BCUT2D eigenvalue weighted by molar-refractivity contribution is 5.76. The number of rotatable bonds is 6. The molecule has 1 aromatic carbocycles. The number of aliphatic hydroxyl groups excluding tert-OH is 1. The van der Waals surface area contributed by atoms with Crippen molar-refractivity contribution < 1.29 is 9.90 Å². The maximum Gasteiger partial charge on any atom is 0.220 e. The van der Waals surface area contributed by atoms with E-state index in [0.717, 1.165) is 6.42 Å². The molecule has 0 spiro atoms. The molecule has 2 N–H and O–H groups in total. The third-order valence-electron chi connectivity index (χ3n) is 2.98. The summed E-state index contributed by atoms with van der Waals surface area (Å²) < 4.78 is 0. The Balaban J connectivity index is 2.35. The fraction of sp³-hybridized carbons (Fsp3) is 0.533. The summed E-state index contributed by atoms with van der Waals surface area (Å²) in [7, 11) is 0. The Labute approximate surface area is 109 Å². The molecule has 0 bridgehead atoms. The van der Waals surface area contributed by atoms with Crippen molar-refractivity contribution in [3.63, 3.8) is 0 Å². The molecule has 100 valence electrons. The normalized spacial score (nSPS) is 14.0. The van der Waals surface area contributed by atoms with Crippen molar-refractivity contribution in [2.45, 2.75) is 52.2 Å². The molecular formula is C15H23NO2. The second kappa shape index (κ2) is 7.17. The van der Waals surface area contributed by atoms with E-state index >= 15 is 0 Å². The minimum atomic E-state index is -0.378. The van der Waals surface area contributed by atoms with Crippen molar-refractivity contribution in [3.05, 3.63) is 35.4 Å². The van der Waals surface area contributed by atoms with Crippen LogP contribution in [-0.4, -0.2) is 23.2 Å². The fourth-order valence-corrected chi connectivity index (χ4v) is 2.06. The van der Waals surface area contributed by atoms with Crippen LogP contribution in [0, 0.1) is 6.92 Å². The third-order valence-corrected chi connectivity index (χ3v) is 2.98. The molecule has 0 aliphatic carbocycles. The van der Waals surface area contributed by atoms with Crippen LogP contribution in [0.15, 0.2) is 24.3 Å². The molecule has 1 amide bonds. The first-order chi connectivity index (χ1) is 8.49. The summed E-state index contributed by atoms with van der Waals surface area (Å²) in [5.74, 6) is 0.0476. The molecule has 0 aromatic heterocycles. The minimum absolute atomic E-state index is 0.0226. The molecule has 0 aliphatic rings. The lowest BCUT2D eigenvalue weighted by molar-refractivity contribution is -0.121. The molecule has 1 rings (SSSR count). The highest BCUT2D eigenvalue weighted by atomic mass is 16.3. The predicted molar refractivity (Wildman–Crippen MR) is 73.4 cm³/mol. The second-order valence-electron chi connectivity index (χ2n) is 4.98. The summed E-state index contributed by atoms with van der Waals surface area (Å²) in [6.45, 7) is 5.71. The van der Waals surface area contributed by atoms with E-state index in [9.17, 15) is 9.90 Å². The van der Waals surface area contributed by atoms with Crippen LogP contribution in [0.4, 0.5) is 0 Å². The Bertz CT molecular complexity index is 388. The van der Waals surface area contributed by atoms with E-state index in [-0.39, 0.29) is 18.1 Å². The van der Waals surface area contributed by atoms with Crippen LogP contribution in [0.5, 0.6) is 0 Å². The summed E-state index contributed by atoms with van der Waals surface area (Å²) in [5.41, 5.74) is 2.44. The predicted octanol–water partition coefficient (Wildman–Crippen LogP) is 2.20. The van der Waals surface area contributed by atoms with Gasteiger partial charge in [0.1, 0.15) is 0 Å². The van der Waals surface area contributed by atoms with Gasteiger partial charge in [0, 0.05) is 12.5 Å². The molecule has 3 nitrogen and oxygen atoms in total. The van der Waals surface area contributed by atoms with E-state index in [2.05, 4.69) is 24.4 Å². The Morgan fingerprint density at radius 1 is 1.33 bits per heavy atom. The lowest BCUT2D eigenvalue weighted by Crippen LogP contribution is -2.34. The van der Waals surface area contributed by atoms with Crippen molar-refractivity contribution in [3.8, 4) is 0 Å². The minimum Gasteiger partial charge on any atom is -0.393 e. The quantitative estimate of drug-likeness (QED) is 0.812. The van der Waals surface area contributed by atoms with Gasteiger partial charge in [0.05, 0.1) is 6.10 Å². The van der Waals surface area contributed by atoms with Gasteiger partial charge in [0.25, 0.3) is 0 Å². The van der Waals surface area contributed by atoms with Gasteiger partial charge in [-0.3, -0.25) is 4.79 Å². The standard InChI is InChI=1S/C15H23NO2/c1-11-6-4-5-7-14(11)8-9-15(18)16-12(2)10-13(3)17/h4-7,12-13,17H,8-10H2,1-3H3,(H,16,18). The number of hydrogen-bond acceptors (Lipinski definition) is 2. The van der Waals surface area contributed by atoms with Gasteiger partial charge in [-0.05, 0) is 44.7 Å². The van der Waals surface area contributed by atoms with Crippen LogP contribution >= 0.6 is 0 Å². The molecule has 0 saturated heterocycles. The fourth-order valence-electron chi connectivity index (χ4n) is 2.06. The van der Waals surface area contributed by atoms with Crippen LogP contribution in [0.25, 0.3) is 0 Å². The molecule has 2 atom stereocenters. The SMILES string of the molecule is Cc1ccccc1CCC(=O)NC(C)CC(C)O. The first-order valence-electron chi connectivity index (χ1n) is 6.51. The molecule has 0 fully saturated rings. The van der Waals surface area contributed by atoms with Gasteiger partial charge in [-0.25, -0.2) is 0 Å². The van der Waals surface area contributed by atoms with E-state index in [0.29, 0.717) is 12.8 Å². The van der Waals surface area contributed by atoms with E-state index in [1.54, 1.807) is 6.92 Å². The van der Waals surface area contributed by atoms with Crippen LogP contribution in [-0.2, 0) is 11.2 Å². The molecular weight excluding hydrogens is 226 g/mol. The summed E-state index contributed by atoms with van der Waals surface area (Å²) in [6.07, 6.45) is 1.47. The molecule has 0 aliphatic heterocycles.